The van der Waals surface area contributed by atoms with E-state index in [9.17, 15) is 9.59 Å². The fraction of sp³-hybridized carbons (Fsp3) is 0.240. The molecule has 0 aliphatic heterocycles. The van der Waals surface area contributed by atoms with Crippen molar-refractivity contribution >= 4 is 44.9 Å². The number of carbonyl (C=O) groups is 1. The van der Waals surface area contributed by atoms with Crippen LogP contribution >= 0.6 is 23.1 Å². The summed E-state index contributed by atoms with van der Waals surface area (Å²) in [6.07, 6.45) is 0. The van der Waals surface area contributed by atoms with E-state index in [2.05, 4.69) is 19.2 Å². The van der Waals surface area contributed by atoms with Gasteiger partial charge in [0, 0.05) is 23.7 Å². The maximum Gasteiger partial charge on any atom is 0.271 e. The number of rotatable bonds is 6. The minimum Gasteiger partial charge on any atom is -0.325 e. The van der Waals surface area contributed by atoms with E-state index in [1.54, 1.807) is 7.05 Å². The van der Waals surface area contributed by atoms with Gasteiger partial charge in [-0.3, -0.25) is 14.2 Å². The molecular formula is C25H25N3O2S2. The molecule has 0 saturated heterocycles. The average Bonchev–Trinajstić information content (AvgIpc) is 3.20. The number of nitrogens with one attached hydrogen (secondary N) is 1. The third-order valence-electron chi connectivity index (χ3n) is 5.31. The lowest BCUT2D eigenvalue weighted by Gasteiger charge is -2.10. The second kappa shape index (κ2) is 9.30. The zero-order chi connectivity index (χ0) is 22.8. The van der Waals surface area contributed by atoms with Crippen LogP contribution < -0.4 is 10.9 Å². The van der Waals surface area contributed by atoms with Crippen LogP contribution in [-0.2, 0) is 11.8 Å². The largest absolute Gasteiger partial charge is 0.325 e. The van der Waals surface area contributed by atoms with Crippen molar-refractivity contribution in [2.75, 3.05) is 11.1 Å². The molecule has 1 amide bonds. The van der Waals surface area contributed by atoms with E-state index in [0.29, 0.717) is 21.3 Å². The van der Waals surface area contributed by atoms with E-state index in [4.69, 9.17) is 4.98 Å². The molecular weight excluding hydrogens is 438 g/mol. The van der Waals surface area contributed by atoms with Gasteiger partial charge in [-0.25, -0.2) is 4.98 Å². The van der Waals surface area contributed by atoms with Crippen molar-refractivity contribution in [1.82, 2.24) is 9.55 Å². The second-order valence-corrected chi connectivity index (χ2v) is 9.89. The molecule has 1 N–H and O–H groups in total. The van der Waals surface area contributed by atoms with Gasteiger partial charge >= 0.3 is 0 Å². The fourth-order valence-electron chi connectivity index (χ4n) is 3.37. The number of carbonyl (C=O) groups excluding carboxylic acids is 1. The quantitative estimate of drug-likeness (QED) is 0.289. The molecule has 0 bridgehead atoms. The van der Waals surface area contributed by atoms with Crippen LogP contribution in [0.3, 0.4) is 0 Å². The van der Waals surface area contributed by atoms with Crippen molar-refractivity contribution in [2.45, 2.75) is 31.8 Å². The van der Waals surface area contributed by atoms with E-state index >= 15 is 0 Å². The average molecular weight is 464 g/mol. The highest BCUT2D eigenvalue weighted by Crippen LogP contribution is 2.32. The zero-order valence-corrected chi connectivity index (χ0v) is 20.1. The summed E-state index contributed by atoms with van der Waals surface area (Å²) in [7, 11) is 1.70. The molecule has 0 aliphatic carbocycles. The first kappa shape index (κ1) is 22.3. The fourth-order valence-corrected chi connectivity index (χ4v) is 5.12. The number of benzene rings is 2. The first-order valence-corrected chi connectivity index (χ1v) is 12.3. The zero-order valence-electron chi connectivity index (χ0n) is 18.5. The van der Waals surface area contributed by atoms with Gasteiger partial charge in [0.2, 0.25) is 5.91 Å². The molecule has 0 aliphatic rings. The highest BCUT2D eigenvalue weighted by Gasteiger charge is 2.16. The number of thioether (sulfide) groups is 1. The highest BCUT2D eigenvalue weighted by atomic mass is 32.2. The third kappa shape index (κ3) is 4.64. The number of thiophene rings is 1. The van der Waals surface area contributed by atoms with Crippen LogP contribution in [0.5, 0.6) is 0 Å². The summed E-state index contributed by atoms with van der Waals surface area (Å²) in [6, 6.07) is 16.1. The monoisotopic (exact) mass is 463 g/mol. The molecule has 2 heterocycles. The predicted molar refractivity (Wildman–Crippen MR) is 135 cm³/mol. The molecule has 32 heavy (non-hydrogen) atoms. The van der Waals surface area contributed by atoms with E-state index in [0.717, 1.165) is 16.8 Å². The molecule has 4 aromatic rings. The van der Waals surface area contributed by atoms with Gasteiger partial charge < -0.3 is 5.32 Å². The smallest absolute Gasteiger partial charge is 0.271 e. The SMILES string of the molecule is Cc1ccc(-c2csc3c(=O)n(C)c(SCC(=O)Nc4ccc(C(C)C)cc4)nc23)cc1. The van der Waals surface area contributed by atoms with Crippen molar-refractivity contribution in [3.63, 3.8) is 0 Å². The minimum atomic E-state index is -0.134. The van der Waals surface area contributed by atoms with Gasteiger partial charge in [0.1, 0.15) is 4.70 Å². The number of aryl methyl sites for hydroxylation is 1. The molecule has 164 valence electrons. The summed E-state index contributed by atoms with van der Waals surface area (Å²) >= 11 is 2.67. The Kier molecular flexibility index (Phi) is 6.48. The standard InChI is InChI=1S/C25H25N3O2S2/c1-15(2)17-9-11-19(12-10-17)26-21(29)14-32-25-27-22-20(18-7-5-16(3)6-8-18)13-31-23(22)24(30)28(25)4/h5-13,15H,14H2,1-4H3,(H,26,29). The van der Waals surface area contributed by atoms with Gasteiger partial charge in [-0.2, -0.15) is 0 Å². The van der Waals surface area contributed by atoms with Gasteiger partial charge in [-0.15, -0.1) is 11.3 Å². The molecule has 0 radical (unpaired) electrons. The lowest BCUT2D eigenvalue weighted by Crippen LogP contribution is -2.20. The van der Waals surface area contributed by atoms with Crippen LogP contribution in [0.25, 0.3) is 21.3 Å². The molecule has 7 heteroatoms. The van der Waals surface area contributed by atoms with Gasteiger partial charge in [0.25, 0.3) is 5.56 Å². The number of aromatic nitrogens is 2. The van der Waals surface area contributed by atoms with Crippen LogP contribution in [0, 0.1) is 6.92 Å². The number of hydrogen-bond donors (Lipinski definition) is 1. The van der Waals surface area contributed by atoms with Crippen LogP contribution in [0.1, 0.15) is 30.9 Å². The van der Waals surface area contributed by atoms with Gasteiger partial charge in [0.05, 0.1) is 11.3 Å². The topological polar surface area (TPSA) is 64.0 Å². The lowest BCUT2D eigenvalue weighted by atomic mass is 10.0. The Morgan fingerprint density at radius 3 is 2.47 bits per heavy atom. The highest BCUT2D eigenvalue weighted by molar-refractivity contribution is 7.99. The summed E-state index contributed by atoms with van der Waals surface area (Å²) in [4.78, 5) is 30.1. The van der Waals surface area contributed by atoms with Crippen molar-refractivity contribution in [2.24, 2.45) is 7.05 Å². The third-order valence-corrected chi connectivity index (χ3v) is 7.30. The van der Waals surface area contributed by atoms with Crippen molar-refractivity contribution in [3.05, 3.63) is 75.4 Å². The van der Waals surface area contributed by atoms with E-state index < -0.39 is 0 Å². The molecule has 4 rings (SSSR count). The normalized spacial score (nSPS) is 11.3. The molecule has 0 unspecified atom stereocenters. The molecule has 0 saturated carbocycles. The minimum absolute atomic E-state index is 0.0921. The Bertz CT molecular complexity index is 1320. The van der Waals surface area contributed by atoms with Gasteiger partial charge in [0.15, 0.2) is 5.16 Å². The molecule has 0 fully saturated rings. The first-order chi connectivity index (χ1) is 15.3. The van der Waals surface area contributed by atoms with Crippen LogP contribution in [0.4, 0.5) is 5.69 Å². The summed E-state index contributed by atoms with van der Waals surface area (Å²) in [5.74, 6) is 0.479. The Morgan fingerprint density at radius 1 is 1.12 bits per heavy atom. The molecule has 5 nitrogen and oxygen atoms in total. The molecule has 2 aromatic heterocycles. The Labute approximate surface area is 195 Å². The van der Waals surface area contributed by atoms with E-state index in [-0.39, 0.29) is 17.2 Å². The summed E-state index contributed by atoms with van der Waals surface area (Å²) < 4.78 is 2.15. The van der Waals surface area contributed by atoms with Gasteiger partial charge in [-0.1, -0.05) is 67.6 Å². The molecule has 0 spiro atoms. The van der Waals surface area contributed by atoms with Crippen molar-refractivity contribution < 1.29 is 4.79 Å². The van der Waals surface area contributed by atoms with E-state index in [1.807, 2.05) is 60.8 Å². The number of nitrogens with zero attached hydrogens (tertiary/aromatic N) is 2. The Hall–Kier alpha value is -2.90. The van der Waals surface area contributed by atoms with Gasteiger partial charge in [-0.05, 0) is 36.1 Å². The van der Waals surface area contributed by atoms with E-state index in [1.165, 1.54) is 38.8 Å². The molecule has 2 aromatic carbocycles. The van der Waals surface area contributed by atoms with Crippen LogP contribution in [0.15, 0.2) is 63.9 Å². The maximum absolute atomic E-state index is 12.9. The number of amides is 1. The number of anilines is 1. The lowest BCUT2D eigenvalue weighted by molar-refractivity contribution is -0.113. The summed E-state index contributed by atoms with van der Waals surface area (Å²) in [5.41, 5.74) is 5.74. The van der Waals surface area contributed by atoms with Crippen molar-refractivity contribution in [1.29, 1.82) is 0 Å². The second-order valence-electron chi connectivity index (χ2n) is 8.07. The Morgan fingerprint density at radius 2 is 1.81 bits per heavy atom. The molecule has 0 atom stereocenters. The predicted octanol–water partition coefficient (Wildman–Crippen LogP) is 5.82. The maximum atomic E-state index is 12.9. The summed E-state index contributed by atoms with van der Waals surface area (Å²) in [6.45, 7) is 6.31. The van der Waals surface area contributed by atoms with Crippen LogP contribution in [-0.4, -0.2) is 21.2 Å². The number of hydrogen-bond acceptors (Lipinski definition) is 5. The first-order valence-electron chi connectivity index (χ1n) is 10.4. The number of fused-ring (bicyclic) bond motifs is 1. The van der Waals surface area contributed by atoms with Crippen molar-refractivity contribution in [3.8, 4) is 11.1 Å². The summed E-state index contributed by atoms with van der Waals surface area (Å²) in [5, 5.41) is 5.42. The van der Waals surface area contributed by atoms with Crippen LogP contribution in [0.2, 0.25) is 0 Å². The Balaban J connectivity index is 1.54.